The Labute approximate surface area is 89.7 Å². The van der Waals surface area contributed by atoms with Gasteiger partial charge in [-0.15, -0.1) is 0 Å². The van der Waals surface area contributed by atoms with Gasteiger partial charge >= 0.3 is 0 Å². The lowest BCUT2D eigenvalue weighted by molar-refractivity contribution is 0.599. The van der Waals surface area contributed by atoms with E-state index in [-0.39, 0.29) is 5.75 Å². The quantitative estimate of drug-likeness (QED) is 0.461. The zero-order valence-corrected chi connectivity index (χ0v) is 9.29. The summed E-state index contributed by atoms with van der Waals surface area (Å²) in [5, 5.41) is 0. The van der Waals surface area contributed by atoms with Crippen LogP contribution < -0.4 is 11.3 Å². The van der Waals surface area contributed by atoms with E-state index in [0.29, 0.717) is 10.6 Å². The van der Waals surface area contributed by atoms with Crippen molar-refractivity contribution in [1.82, 2.24) is 0 Å². The molecule has 4 nitrogen and oxygen atoms in total. The van der Waals surface area contributed by atoms with Crippen molar-refractivity contribution < 1.29 is 8.42 Å². The van der Waals surface area contributed by atoms with E-state index in [1.165, 1.54) is 12.1 Å². The van der Waals surface area contributed by atoms with Crippen molar-refractivity contribution in [2.75, 3.05) is 11.2 Å². The van der Waals surface area contributed by atoms with Crippen LogP contribution in [0.4, 0.5) is 5.69 Å². The maximum absolute atomic E-state index is 11.7. The molecule has 0 unspecified atom stereocenters. The molecule has 0 saturated heterocycles. The van der Waals surface area contributed by atoms with Gasteiger partial charge in [-0.05, 0) is 31.2 Å². The van der Waals surface area contributed by atoms with E-state index >= 15 is 0 Å². The standard InChI is InChI=1S/C10H14N2O2S/c1-2-3-8-15(13,14)10-6-4-9(12-11)5-7-10/h2-7,12H,8,11H2,1H3. The van der Waals surface area contributed by atoms with Crippen LogP contribution in [0.3, 0.4) is 0 Å². The van der Waals surface area contributed by atoms with Gasteiger partial charge in [0.05, 0.1) is 10.6 Å². The summed E-state index contributed by atoms with van der Waals surface area (Å²) in [7, 11) is -3.20. The molecule has 3 N–H and O–H groups in total. The summed E-state index contributed by atoms with van der Waals surface area (Å²) in [6.45, 7) is 1.79. The molecule has 0 spiro atoms. The summed E-state index contributed by atoms with van der Waals surface area (Å²) in [5.41, 5.74) is 3.12. The molecule has 0 aliphatic carbocycles. The van der Waals surface area contributed by atoms with Gasteiger partial charge in [-0.25, -0.2) is 8.42 Å². The molecule has 1 aromatic carbocycles. The Morgan fingerprint density at radius 2 is 1.93 bits per heavy atom. The highest BCUT2D eigenvalue weighted by Gasteiger charge is 2.11. The highest BCUT2D eigenvalue weighted by molar-refractivity contribution is 7.91. The minimum atomic E-state index is -3.20. The van der Waals surface area contributed by atoms with Gasteiger partial charge in [0.2, 0.25) is 0 Å². The summed E-state index contributed by atoms with van der Waals surface area (Å²) >= 11 is 0. The molecule has 0 amide bonds. The molecule has 0 aliphatic heterocycles. The maximum Gasteiger partial charge on any atom is 0.181 e. The molecule has 0 heterocycles. The van der Waals surface area contributed by atoms with Gasteiger partial charge in [-0.3, -0.25) is 5.84 Å². The number of sulfone groups is 1. The SMILES string of the molecule is CC=CCS(=O)(=O)c1ccc(NN)cc1. The molecule has 0 atom stereocenters. The summed E-state index contributed by atoms with van der Waals surface area (Å²) in [4.78, 5) is 0.305. The second-order valence-corrected chi connectivity index (χ2v) is 5.05. The van der Waals surface area contributed by atoms with Crippen LogP contribution in [0, 0.1) is 0 Å². The van der Waals surface area contributed by atoms with Crippen molar-refractivity contribution in [3.63, 3.8) is 0 Å². The molecule has 0 radical (unpaired) electrons. The Kier molecular flexibility index (Phi) is 3.88. The fraction of sp³-hybridized carbons (Fsp3) is 0.200. The third kappa shape index (κ3) is 3.07. The number of rotatable bonds is 4. The lowest BCUT2D eigenvalue weighted by Gasteiger charge is -2.03. The van der Waals surface area contributed by atoms with Crippen LogP contribution in [0.1, 0.15) is 6.92 Å². The van der Waals surface area contributed by atoms with Crippen LogP contribution >= 0.6 is 0 Å². The van der Waals surface area contributed by atoms with Crippen LogP contribution in [0.5, 0.6) is 0 Å². The number of benzene rings is 1. The van der Waals surface area contributed by atoms with E-state index in [0.717, 1.165) is 0 Å². The first kappa shape index (κ1) is 11.7. The topological polar surface area (TPSA) is 72.2 Å². The molecule has 0 saturated carbocycles. The second-order valence-electron chi connectivity index (χ2n) is 3.02. The highest BCUT2D eigenvalue weighted by atomic mass is 32.2. The van der Waals surface area contributed by atoms with E-state index in [9.17, 15) is 8.42 Å². The zero-order valence-electron chi connectivity index (χ0n) is 8.47. The van der Waals surface area contributed by atoms with Gasteiger partial charge in [0.25, 0.3) is 0 Å². The molecule has 15 heavy (non-hydrogen) atoms. The van der Waals surface area contributed by atoms with Crippen LogP contribution in [0.15, 0.2) is 41.3 Å². The molecule has 0 aliphatic rings. The minimum Gasteiger partial charge on any atom is -0.324 e. The van der Waals surface area contributed by atoms with Crippen molar-refractivity contribution in [3.05, 3.63) is 36.4 Å². The fourth-order valence-electron chi connectivity index (χ4n) is 1.08. The summed E-state index contributed by atoms with van der Waals surface area (Å²) in [6.07, 6.45) is 3.33. The summed E-state index contributed by atoms with van der Waals surface area (Å²) < 4.78 is 23.4. The second kappa shape index (κ2) is 4.95. The van der Waals surface area contributed by atoms with E-state index in [1.807, 2.05) is 0 Å². The Hall–Kier alpha value is -1.33. The first-order valence-corrected chi connectivity index (χ1v) is 6.16. The maximum atomic E-state index is 11.7. The molecule has 82 valence electrons. The van der Waals surface area contributed by atoms with E-state index in [2.05, 4.69) is 5.43 Å². The fourth-order valence-corrected chi connectivity index (χ4v) is 2.27. The zero-order chi connectivity index (χ0) is 11.3. The third-order valence-corrected chi connectivity index (χ3v) is 3.55. The normalized spacial score (nSPS) is 11.9. The van der Waals surface area contributed by atoms with Crippen molar-refractivity contribution in [3.8, 4) is 0 Å². The van der Waals surface area contributed by atoms with Crippen molar-refractivity contribution in [2.24, 2.45) is 5.84 Å². The average molecular weight is 226 g/mol. The van der Waals surface area contributed by atoms with Gasteiger partial charge in [0.1, 0.15) is 0 Å². The number of hydrogen-bond donors (Lipinski definition) is 2. The van der Waals surface area contributed by atoms with E-state index in [1.54, 1.807) is 31.2 Å². The molecular formula is C10H14N2O2S. The average Bonchev–Trinajstić information content (AvgIpc) is 2.26. The smallest absolute Gasteiger partial charge is 0.181 e. The van der Waals surface area contributed by atoms with E-state index in [4.69, 9.17) is 5.84 Å². The van der Waals surface area contributed by atoms with Gasteiger partial charge in [-0.1, -0.05) is 12.2 Å². The predicted molar refractivity (Wildman–Crippen MR) is 61.1 cm³/mol. The number of nitrogen functional groups attached to an aromatic ring is 1. The van der Waals surface area contributed by atoms with Crippen LogP contribution in [-0.2, 0) is 9.84 Å². The number of allylic oxidation sites excluding steroid dienone is 1. The molecule has 5 heteroatoms. The number of anilines is 1. The lowest BCUT2D eigenvalue weighted by atomic mass is 10.3. The Morgan fingerprint density at radius 3 is 2.40 bits per heavy atom. The molecule has 1 aromatic rings. The van der Waals surface area contributed by atoms with Crippen LogP contribution in [0.25, 0.3) is 0 Å². The Bertz CT molecular complexity index is 435. The van der Waals surface area contributed by atoms with Crippen molar-refractivity contribution in [1.29, 1.82) is 0 Å². The Morgan fingerprint density at radius 1 is 1.33 bits per heavy atom. The third-order valence-electron chi connectivity index (χ3n) is 1.93. The van der Waals surface area contributed by atoms with Crippen LogP contribution in [0.2, 0.25) is 0 Å². The summed E-state index contributed by atoms with van der Waals surface area (Å²) in [5.74, 6) is 5.21. The largest absolute Gasteiger partial charge is 0.324 e. The van der Waals surface area contributed by atoms with Gasteiger partial charge < -0.3 is 5.43 Å². The lowest BCUT2D eigenvalue weighted by Crippen LogP contribution is -2.08. The molecule has 1 rings (SSSR count). The van der Waals surface area contributed by atoms with Gasteiger partial charge in [0.15, 0.2) is 9.84 Å². The predicted octanol–water partition coefficient (Wildman–Crippen LogP) is 1.32. The number of nitrogens with two attached hydrogens (primary N) is 1. The monoisotopic (exact) mass is 226 g/mol. The van der Waals surface area contributed by atoms with Crippen molar-refractivity contribution in [2.45, 2.75) is 11.8 Å². The number of hydrazine groups is 1. The Balaban J connectivity index is 2.95. The first-order chi connectivity index (χ1) is 7.10. The van der Waals surface area contributed by atoms with Crippen LogP contribution in [-0.4, -0.2) is 14.2 Å². The molecule has 0 fully saturated rings. The first-order valence-electron chi connectivity index (χ1n) is 4.51. The number of hydrogen-bond acceptors (Lipinski definition) is 4. The van der Waals surface area contributed by atoms with Gasteiger partial charge in [-0.2, -0.15) is 0 Å². The van der Waals surface area contributed by atoms with E-state index < -0.39 is 9.84 Å². The minimum absolute atomic E-state index is 0.0267. The molecule has 0 aromatic heterocycles. The highest BCUT2D eigenvalue weighted by Crippen LogP contribution is 2.14. The number of nitrogens with one attached hydrogen (secondary N) is 1. The van der Waals surface area contributed by atoms with Gasteiger partial charge in [0, 0.05) is 5.69 Å². The van der Waals surface area contributed by atoms with Crippen molar-refractivity contribution >= 4 is 15.5 Å². The molecule has 0 bridgehead atoms. The molecular weight excluding hydrogens is 212 g/mol. The summed E-state index contributed by atoms with van der Waals surface area (Å²) in [6, 6.07) is 6.33.